The van der Waals surface area contributed by atoms with Gasteiger partial charge in [0, 0.05) is 117 Å². The highest BCUT2D eigenvalue weighted by molar-refractivity contribution is 9.10. The fourth-order valence-electron chi connectivity index (χ4n) is 12.0. The molecule has 0 unspecified atom stereocenters. The first-order chi connectivity index (χ1) is 67.5. The van der Waals surface area contributed by atoms with E-state index < -0.39 is 72.4 Å². The zero-order chi connectivity index (χ0) is 107. The maximum absolute atomic E-state index is 12.6. The Labute approximate surface area is 907 Å². The Kier molecular flexibility index (Phi) is 45.8. The second-order valence-electron chi connectivity index (χ2n) is 31.2. The molecular formula is C88H84B2BrCl14N18O17PS3. The summed E-state index contributed by atoms with van der Waals surface area (Å²) in [4.78, 5) is 67.7. The van der Waals surface area contributed by atoms with Gasteiger partial charge < -0.3 is 44.0 Å². The standard InChI is InChI=1S/C20H18Cl2N4O2S.C14H14Cl2N4O2S.C12H11ClN2O2.C10H5Cl3N2.C10H7ClN2O2.2C6H6BClO2.C6H7BrN2O2.C4H10N2O2S.Cl3OP/c1-20(2)12-26(29(27,28)25-20)19-23-11-17(13-3-7-15(21)8-4-13)18(24-19)14-5-9-16(22)10-6-14;1-14(2)8-20(23(21,22)19-14)13-17-7-11(12(16)18-13)9-3-5-10(15)6-4-9;1-16-11-10(7-14-12(15-11)17-2)8-3-5-9(13)6-4-8;11-7-3-1-6(2-4-7)8-5-14-10(13)15-9(8)12;11-7-3-1-6(2-4-7)8-5-12-10(15)13-9(8)14;2*8-6-3-1-5(2-4-6)7(9)10;1-10-5-4(7)3-8-6(9-5)11-2;1-4(2)3-5-9(7,8)6-4;1-5(2,3)4/h3-11,25H,12H2,1-2H3;3-7,19H,8H2,1-2H3;3-7H,1-2H3;1-5H;1-5H,(H2,12,13,14,15);2*1-4,9-10H;3H,1-2H3;5-6H,3H2,1-2H3;. The van der Waals surface area contributed by atoms with Gasteiger partial charge in [-0.25, -0.2) is 53.0 Å². The lowest BCUT2D eigenvalue weighted by Gasteiger charge is -2.18. The van der Waals surface area contributed by atoms with Crippen molar-refractivity contribution in [2.24, 2.45) is 0 Å². The van der Waals surface area contributed by atoms with E-state index in [4.69, 9.17) is 167 Å². The van der Waals surface area contributed by atoms with Crippen LogP contribution in [-0.2, 0) is 35.2 Å². The molecule has 8 aromatic carbocycles. The van der Waals surface area contributed by atoms with Crippen LogP contribution in [0, 0.1) is 0 Å². The van der Waals surface area contributed by atoms with Gasteiger partial charge >= 0.3 is 57.6 Å². The molecule has 0 amide bonds. The van der Waals surface area contributed by atoms with E-state index in [9.17, 15) is 39.4 Å². The van der Waals surface area contributed by atoms with E-state index in [0.717, 1.165) is 48.8 Å². The molecule has 0 bridgehead atoms. The van der Waals surface area contributed by atoms with Crippen molar-refractivity contribution in [3.05, 3.63) is 312 Å². The number of ether oxygens (including phenoxy) is 4. The van der Waals surface area contributed by atoms with Crippen LogP contribution < -0.4 is 68.6 Å². The fraction of sp³-hybridized carbons (Fsp3) is 0.182. The molecule has 10 N–H and O–H groups in total. The average Bonchev–Trinajstić information content (AvgIpc) is 1.61. The number of nitrogens with one attached hydrogen (secondary N) is 6. The molecule has 3 aliphatic rings. The number of hydrogen-bond acceptors (Lipinski definition) is 27. The van der Waals surface area contributed by atoms with Crippen molar-refractivity contribution in [2.75, 3.05) is 56.7 Å². The molecule has 14 aromatic rings. The van der Waals surface area contributed by atoms with Gasteiger partial charge in [0.15, 0.2) is 0 Å². The molecule has 3 saturated heterocycles. The zero-order valence-electron chi connectivity index (χ0n) is 76.5. The third-order valence-corrected chi connectivity index (χ3v) is 26.5. The number of nitrogens with zero attached hydrogens (tertiary/aromatic N) is 12. The first kappa shape index (κ1) is 120. The molecular weight excluding hydrogens is 2310 g/mol. The molecule has 0 radical (unpaired) electrons. The highest BCUT2D eigenvalue weighted by Crippen LogP contribution is 2.61. The summed E-state index contributed by atoms with van der Waals surface area (Å²) in [5, 5.41) is 36.9. The SMILES string of the molecule is CC1(C)CN(c2ncc(-c3ccc(Cl)cc3)c(-c3ccc(Cl)cc3)n2)S(=O)(=O)N1.CC1(C)CN(c2ncc(-c3ccc(Cl)cc3)c(Cl)n2)S(=O)(=O)N1.CC1(C)CNS(=O)(=O)N1.COc1ncc(-c2ccc(Cl)cc2)c(OC)n1.COc1ncc(Br)c(OC)n1.Clc1ccc(-c2cnc(Cl)nc2Cl)cc1.O=P(Cl)(Cl)Cl.O=c1[nH]cc(-c2ccc(Cl)cc2)c(=O)[nH]1.OB(O)c1ccc(Cl)cc1.OB(O)c1ccc(Cl)cc1. The normalized spacial score (nSPS) is 14.2. The molecule has 6 aromatic heterocycles. The van der Waals surface area contributed by atoms with Crippen LogP contribution in [-0.4, -0.2) is 184 Å². The molecule has 0 spiro atoms. The molecule has 17 rings (SSSR count). The number of anilines is 2. The Hall–Kier alpha value is -8.93. The zero-order valence-corrected chi connectivity index (χ0v) is 92.0. The number of aromatic nitrogens is 12. The molecule has 9 heterocycles. The van der Waals surface area contributed by atoms with Crippen molar-refractivity contribution in [2.45, 2.75) is 58.2 Å². The summed E-state index contributed by atoms with van der Waals surface area (Å²) in [5.74, 6) is 1.10. The van der Waals surface area contributed by atoms with Gasteiger partial charge in [-0.1, -0.05) is 213 Å². The van der Waals surface area contributed by atoms with Gasteiger partial charge in [0.05, 0.1) is 69.0 Å². The van der Waals surface area contributed by atoms with Gasteiger partial charge in [0.2, 0.25) is 28.9 Å². The monoisotopic (exact) mass is 2380 g/mol. The fourth-order valence-corrected chi connectivity index (χ4v) is 18.8. The minimum Gasteiger partial charge on any atom is -0.480 e. The predicted octanol–water partition coefficient (Wildman–Crippen LogP) is 19.0. The summed E-state index contributed by atoms with van der Waals surface area (Å²) in [6, 6.07) is 56.3. The molecule has 56 heteroatoms. The van der Waals surface area contributed by atoms with Crippen LogP contribution in [0.1, 0.15) is 41.5 Å². The third kappa shape index (κ3) is 39.0. The number of methoxy groups -OCH3 is 4. The van der Waals surface area contributed by atoms with Crippen molar-refractivity contribution >= 4 is 250 Å². The van der Waals surface area contributed by atoms with Crippen LogP contribution >= 0.6 is 182 Å². The Morgan fingerprint density at radius 1 is 0.389 bits per heavy atom. The van der Waals surface area contributed by atoms with Crippen molar-refractivity contribution < 1.29 is 68.9 Å². The Bertz CT molecular complexity index is 7160. The number of benzene rings is 8. The first-order valence-corrected chi connectivity index (χ1v) is 54.6. The van der Waals surface area contributed by atoms with Gasteiger partial charge in [0.1, 0.15) is 10.3 Å². The van der Waals surface area contributed by atoms with Gasteiger partial charge in [-0.05, 0) is 239 Å². The van der Waals surface area contributed by atoms with Gasteiger partial charge in [-0.3, -0.25) is 14.3 Å². The summed E-state index contributed by atoms with van der Waals surface area (Å²) in [6.45, 7) is 11.8. The number of aromatic amines is 2. The minimum absolute atomic E-state index is 0.0470. The van der Waals surface area contributed by atoms with Gasteiger partial charge in [0.25, 0.3) is 15.8 Å². The molecule has 0 aliphatic carbocycles. The lowest BCUT2D eigenvalue weighted by Crippen LogP contribution is -2.36. The topological polar surface area (TPSA) is 487 Å². The van der Waals surface area contributed by atoms with Crippen LogP contribution in [0.15, 0.2) is 245 Å². The quantitative estimate of drug-likeness (QED) is 0.0209. The van der Waals surface area contributed by atoms with Crippen molar-refractivity contribution in [3.8, 4) is 90.7 Å². The van der Waals surface area contributed by atoms with E-state index in [1.165, 1.54) is 38.0 Å². The van der Waals surface area contributed by atoms with E-state index >= 15 is 0 Å². The van der Waals surface area contributed by atoms with Crippen LogP contribution in [0.2, 0.25) is 55.8 Å². The highest BCUT2D eigenvalue weighted by atomic mass is 79.9. The summed E-state index contributed by atoms with van der Waals surface area (Å²) in [5.41, 5.74) is 7.36. The number of hydrogen-bond donors (Lipinski definition) is 10. The van der Waals surface area contributed by atoms with Crippen LogP contribution in [0.3, 0.4) is 0 Å². The van der Waals surface area contributed by atoms with E-state index in [1.807, 2.05) is 76.2 Å². The smallest absolute Gasteiger partial charge is 0.480 e. The van der Waals surface area contributed by atoms with E-state index in [0.29, 0.717) is 107 Å². The lowest BCUT2D eigenvalue weighted by atomic mass is 9.81. The highest BCUT2D eigenvalue weighted by Gasteiger charge is 2.44. The van der Waals surface area contributed by atoms with Crippen molar-refractivity contribution in [1.82, 2.24) is 78.7 Å². The Balaban J connectivity index is 0.000000202. The average molecular weight is 2390 g/mol. The summed E-state index contributed by atoms with van der Waals surface area (Å²) < 4.78 is 113. The van der Waals surface area contributed by atoms with Crippen LogP contribution in [0.5, 0.6) is 23.8 Å². The summed E-state index contributed by atoms with van der Waals surface area (Å²) in [7, 11) is -7.24. The molecule has 3 aliphatic heterocycles. The van der Waals surface area contributed by atoms with Crippen molar-refractivity contribution in [1.29, 1.82) is 0 Å². The predicted molar refractivity (Wildman–Crippen MR) is 578 cm³/mol. The lowest BCUT2D eigenvalue weighted by molar-refractivity contribution is 0.350. The minimum atomic E-state index is -3.72. The molecule has 35 nitrogen and oxygen atoms in total. The molecule has 0 atom stereocenters. The van der Waals surface area contributed by atoms with Crippen LogP contribution in [0.4, 0.5) is 11.9 Å². The van der Waals surface area contributed by atoms with E-state index in [2.05, 4.69) is 128 Å². The Morgan fingerprint density at radius 3 is 1.03 bits per heavy atom. The summed E-state index contributed by atoms with van der Waals surface area (Å²) in [6.07, 6.45) is 9.34. The maximum atomic E-state index is 12.6. The number of rotatable bonds is 14. The van der Waals surface area contributed by atoms with Gasteiger partial charge in [-0.15, -0.1) is 0 Å². The number of H-pyrrole nitrogens is 2. The third-order valence-electron chi connectivity index (χ3n) is 18.5. The van der Waals surface area contributed by atoms with E-state index in [1.54, 1.807) is 191 Å². The maximum Gasteiger partial charge on any atom is 0.488 e. The van der Waals surface area contributed by atoms with E-state index in [-0.39, 0.29) is 47.0 Å². The second kappa shape index (κ2) is 54.8. The van der Waals surface area contributed by atoms with Crippen LogP contribution in [0.25, 0.3) is 66.9 Å². The molecule has 144 heavy (non-hydrogen) atoms. The molecule has 0 saturated carbocycles. The second-order valence-corrected chi connectivity index (χ2v) is 48.0. The Morgan fingerprint density at radius 2 is 0.708 bits per heavy atom. The van der Waals surface area contributed by atoms with Crippen molar-refractivity contribution in [3.63, 3.8) is 0 Å². The largest absolute Gasteiger partial charge is 0.488 e. The number of halogens is 15. The van der Waals surface area contributed by atoms with Gasteiger partial charge in [-0.2, -0.15) is 54.4 Å². The first-order valence-electron chi connectivity index (χ1n) is 40.8. The summed E-state index contributed by atoms with van der Waals surface area (Å²) >= 11 is 81.2. The molecule has 762 valence electrons. The molecule has 3 fully saturated rings.